The van der Waals surface area contributed by atoms with Crippen LogP contribution in [0.15, 0.2) is 73.1 Å². The molecule has 0 aliphatic rings. The van der Waals surface area contributed by atoms with Crippen molar-refractivity contribution in [2.24, 2.45) is 5.73 Å². The monoisotopic (exact) mass is 778 g/mol. The highest BCUT2D eigenvalue weighted by atomic mass is 31.2. The van der Waals surface area contributed by atoms with Gasteiger partial charge in [0.25, 0.3) is 0 Å². The lowest BCUT2D eigenvalue weighted by Crippen LogP contribution is -2.27. The predicted molar refractivity (Wildman–Crippen MR) is 228 cm³/mol. The number of ether oxygens (including phenoxy) is 2. The van der Waals surface area contributed by atoms with E-state index in [1.807, 2.05) is 6.08 Å². The fraction of sp³-hybridized carbons (Fsp3) is 0.711. The van der Waals surface area contributed by atoms with Crippen molar-refractivity contribution in [1.82, 2.24) is 0 Å². The van der Waals surface area contributed by atoms with Gasteiger partial charge in [-0.05, 0) is 70.3 Å². The van der Waals surface area contributed by atoms with Crippen LogP contribution < -0.4 is 5.73 Å². The van der Waals surface area contributed by atoms with E-state index in [1.54, 1.807) is 6.26 Å². The summed E-state index contributed by atoms with van der Waals surface area (Å²) in [6, 6.07) is 0. The zero-order valence-electron chi connectivity index (χ0n) is 34.4. The summed E-state index contributed by atoms with van der Waals surface area (Å²) >= 11 is 0. The molecule has 0 bridgehead atoms. The minimum Gasteiger partial charge on any atom is -0.498 e. The van der Waals surface area contributed by atoms with Gasteiger partial charge >= 0.3 is 13.8 Å². The zero-order chi connectivity index (χ0) is 39.5. The van der Waals surface area contributed by atoms with Crippen LogP contribution in [0.2, 0.25) is 0 Å². The molecule has 0 saturated carbocycles. The highest BCUT2D eigenvalue weighted by Crippen LogP contribution is 2.43. The molecule has 312 valence electrons. The van der Waals surface area contributed by atoms with Crippen LogP contribution in [0, 0.1) is 0 Å². The first kappa shape index (κ1) is 51.8. The van der Waals surface area contributed by atoms with Crippen LogP contribution in [0.3, 0.4) is 0 Å². The Morgan fingerprint density at radius 1 is 0.593 bits per heavy atom. The molecule has 0 spiro atoms. The molecule has 0 heterocycles. The second-order valence-electron chi connectivity index (χ2n) is 13.9. The Morgan fingerprint density at radius 2 is 1.06 bits per heavy atom. The lowest BCUT2D eigenvalue weighted by Gasteiger charge is -2.19. The Morgan fingerprint density at radius 3 is 1.57 bits per heavy atom. The first-order valence-corrected chi connectivity index (χ1v) is 23.0. The van der Waals surface area contributed by atoms with E-state index in [0.717, 1.165) is 64.2 Å². The average molecular weight is 778 g/mol. The summed E-state index contributed by atoms with van der Waals surface area (Å²) in [4.78, 5) is 22.4. The fourth-order valence-corrected chi connectivity index (χ4v) is 6.34. The van der Waals surface area contributed by atoms with Gasteiger partial charge < -0.3 is 20.1 Å². The van der Waals surface area contributed by atoms with Crippen LogP contribution in [0.1, 0.15) is 174 Å². The molecule has 0 rings (SSSR count). The van der Waals surface area contributed by atoms with Crippen molar-refractivity contribution in [3.05, 3.63) is 73.1 Å². The third kappa shape index (κ3) is 41.0. The number of hydrogen-bond donors (Lipinski definition) is 2. The minimum atomic E-state index is -4.30. The van der Waals surface area contributed by atoms with Crippen LogP contribution in [0.25, 0.3) is 0 Å². The second kappa shape index (κ2) is 41.9. The molecule has 3 N–H and O–H groups in total. The Kier molecular flexibility index (Phi) is 40.2. The third-order valence-electron chi connectivity index (χ3n) is 8.70. The highest BCUT2D eigenvalue weighted by molar-refractivity contribution is 7.47. The molecule has 8 nitrogen and oxygen atoms in total. The normalized spacial score (nSPS) is 14.1. The van der Waals surface area contributed by atoms with Crippen LogP contribution in [0.5, 0.6) is 0 Å². The number of carbonyl (C=O) groups excluding carboxylic acids is 1. The molecule has 0 aliphatic heterocycles. The summed E-state index contributed by atoms with van der Waals surface area (Å²) in [5.74, 6) is -0.385. The van der Waals surface area contributed by atoms with Gasteiger partial charge in [-0.15, -0.1) is 0 Å². The van der Waals surface area contributed by atoms with Crippen molar-refractivity contribution in [1.29, 1.82) is 0 Å². The van der Waals surface area contributed by atoms with Gasteiger partial charge in [0.05, 0.1) is 19.5 Å². The zero-order valence-corrected chi connectivity index (χ0v) is 35.3. The summed E-state index contributed by atoms with van der Waals surface area (Å²) in [6.45, 7) is 4.08. The first-order valence-electron chi connectivity index (χ1n) is 21.5. The van der Waals surface area contributed by atoms with Crippen molar-refractivity contribution < 1.29 is 32.8 Å². The number of esters is 1. The van der Waals surface area contributed by atoms with E-state index in [9.17, 15) is 14.3 Å². The average Bonchev–Trinajstić information content (AvgIpc) is 3.16. The first-order chi connectivity index (χ1) is 26.4. The number of unbranched alkanes of at least 4 members (excludes halogenated alkanes) is 17. The predicted octanol–water partition coefficient (Wildman–Crippen LogP) is 13.1. The molecule has 0 radical (unpaired) electrons. The van der Waals surface area contributed by atoms with E-state index in [1.165, 1.54) is 83.5 Å². The van der Waals surface area contributed by atoms with E-state index in [4.69, 9.17) is 24.3 Å². The lowest BCUT2D eigenvalue weighted by atomic mass is 10.0. The van der Waals surface area contributed by atoms with Gasteiger partial charge in [0.1, 0.15) is 6.61 Å². The number of rotatable bonds is 40. The van der Waals surface area contributed by atoms with Crippen LogP contribution in [-0.4, -0.2) is 43.3 Å². The van der Waals surface area contributed by atoms with Gasteiger partial charge in [0.2, 0.25) is 0 Å². The SMILES string of the molecule is CC/C=C/C/C=C/C/C=C/C/C=C/C/C=C/CCCCCC(=O)O[C@H](CO/C=C/CCCCCCCCCCCCCCCC)COP(=O)(O)OCCN. The van der Waals surface area contributed by atoms with Crippen molar-refractivity contribution >= 4 is 13.8 Å². The summed E-state index contributed by atoms with van der Waals surface area (Å²) in [5, 5.41) is 0. The summed E-state index contributed by atoms with van der Waals surface area (Å²) in [5.41, 5.74) is 5.36. The van der Waals surface area contributed by atoms with E-state index in [-0.39, 0.29) is 38.8 Å². The van der Waals surface area contributed by atoms with Gasteiger partial charge in [-0.1, -0.05) is 164 Å². The summed E-state index contributed by atoms with van der Waals surface area (Å²) < 4.78 is 33.1. The maximum atomic E-state index is 12.6. The van der Waals surface area contributed by atoms with Gasteiger partial charge in [-0.2, -0.15) is 0 Å². The highest BCUT2D eigenvalue weighted by Gasteiger charge is 2.25. The van der Waals surface area contributed by atoms with E-state index < -0.39 is 13.9 Å². The number of hydrogen-bond acceptors (Lipinski definition) is 7. The molecule has 0 aromatic rings. The Bertz CT molecular complexity index is 1050. The molecule has 0 aliphatic carbocycles. The Labute approximate surface area is 331 Å². The Balaban J connectivity index is 4.17. The molecule has 0 aromatic heterocycles. The molecule has 54 heavy (non-hydrogen) atoms. The number of nitrogens with two attached hydrogens (primary N) is 1. The molecular weight excluding hydrogens is 697 g/mol. The third-order valence-corrected chi connectivity index (χ3v) is 9.69. The van der Waals surface area contributed by atoms with Crippen LogP contribution in [0.4, 0.5) is 0 Å². The van der Waals surface area contributed by atoms with Crippen molar-refractivity contribution in [3.8, 4) is 0 Å². The van der Waals surface area contributed by atoms with Crippen LogP contribution >= 0.6 is 7.82 Å². The van der Waals surface area contributed by atoms with Gasteiger partial charge in [0.15, 0.2) is 6.10 Å². The maximum absolute atomic E-state index is 12.6. The molecule has 0 amide bonds. The smallest absolute Gasteiger partial charge is 0.472 e. The van der Waals surface area contributed by atoms with E-state index in [2.05, 4.69) is 74.6 Å². The number of allylic oxidation sites excluding steroid dienone is 11. The van der Waals surface area contributed by atoms with Gasteiger partial charge in [-0.3, -0.25) is 13.8 Å². The molecular formula is C45H80NO7P. The molecule has 0 saturated heterocycles. The number of phosphoric ester groups is 1. The number of phosphoric acid groups is 1. The Hall–Kier alpha value is -2.22. The van der Waals surface area contributed by atoms with Crippen LogP contribution in [-0.2, 0) is 27.9 Å². The quantitative estimate of drug-likeness (QED) is 0.0208. The molecule has 1 unspecified atom stereocenters. The second-order valence-corrected chi connectivity index (χ2v) is 15.3. The fourth-order valence-electron chi connectivity index (χ4n) is 5.58. The molecule has 0 fully saturated rings. The summed E-state index contributed by atoms with van der Waals surface area (Å²) in [6.07, 6.45) is 53.0. The van der Waals surface area contributed by atoms with Crippen molar-refractivity contribution in [2.75, 3.05) is 26.4 Å². The molecule has 2 atom stereocenters. The topological polar surface area (TPSA) is 117 Å². The van der Waals surface area contributed by atoms with Gasteiger partial charge in [0, 0.05) is 13.0 Å². The largest absolute Gasteiger partial charge is 0.498 e. The maximum Gasteiger partial charge on any atom is 0.472 e. The minimum absolute atomic E-state index is 0.0158. The van der Waals surface area contributed by atoms with E-state index >= 15 is 0 Å². The number of carbonyl (C=O) groups is 1. The van der Waals surface area contributed by atoms with Crippen molar-refractivity contribution in [2.45, 2.75) is 180 Å². The molecule has 0 aromatic carbocycles. The van der Waals surface area contributed by atoms with E-state index in [0.29, 0.717) is 6.42 Å². The van der Waals surface area contributed by atoms with Gasteiger partial charge in [-0.25, -0.2) is 4.57 Å². The standard InChI is InChI=1S/C45H80NO7P/c1-3-5-7-9-11-13-15-17-19-21-22-23-24-26-28-30-32-34-36-38-45(47)53-44(43-52-54(48,49)51-41-39-46)42-50-40-37-35-33-31-29-27-25-20-18-16-14-12-10-8-6-4-2/h5,7,11,13,17,19,22-23,26,28,37,40,44H,3-4,6,8-10,12,14-16,18,20-21,24-25,27,29-36,38-39,41-43,46H2,1-2H3,(H,48,49)/b7-5+,13-11+,19-17+,23-22+,28-26+,40-37+/t44-/m1/s1. The summed E-state index contributed by atoms with van der Waals surface area (Å²) in [7, 11) is -4.30. The molecule has 9 heteroatoms. The lowest BCUT2D eigenvalue weighted by molar-refractivity contribution is -0.153. The van der Waals surface area contributed by atoms with Crippen molar-refractivity contribution in [3.63, 3.8) is 0 Å².